The van der Waals surface area contributed by atoms with E-state index in [1.165, 1.54) is 24.8 Å². The first kappa shape index (κ1) is 15.1. The van der Waals surface area contributed by atoms with Gasteiger partial charge in [0.25, 0.3) is 5.91 Å². The first-order valence-electron chi connectivity index (χ1n) is 6.18. The van der Waals surface area contributed by atoms with Crippen molar-refractivity contribution in [2.45, 2.75) is 0 Å². The number of rotatable bonds is 6. The molecule has 0 atom stereocenters. The SMILES string of the molecule is O=C([O-])COc1ccccc1/C=N\NC(=O)c1cnccn1. The molecule has 8 nitrogen and oxygen atoms in total. The molecular weight excluding hydrogens is 288 g/mol. The Kier molecular flexibility index (Phi) is 5.14. The second-order valence-corrected chi connectivity index (χ2v) is 3.99. The zero-order valence-electron chi connectivity index (χ0n) is 11.3. The number of carboxylic acid groups (broad SMARTS) is 1. The number of carboxylic acids is 1. The van der Waals surface area contributed by atoms with Crippen LogP contribution in [0.2, 0.25) is 0 Å². The molecule has 8 heteroatoms. The summed E-state index contributed by atoms with van der Waals surface area (Å²) < 4.78 is 5.05. The van der Waals surface area contributed by atoms with Crippen LogP contribution in [0.25, 0.3) is 0 Å². The van der Waals surface area contributed by atoms with Gasteiger partial charge in [0.15, 0.2) is 0 Å². The normalized spacial score (nSPS) is 10.4. The molecule has 0 unspecified atom stereocenters. The average molecular weight is 299 g/mol. The fourth-order valence-electron chi connectivity index (χ4n) is 1.49. The minimum absolute atomic E-state index is 0.126. The summed E-state index contributed by atoms with van der Waals surface area (Å²) in [4.78, 5) is 29.7. The number of carbonyl (C=O) groups is 2. The van der Waals surface area contributed by atoms with Gasteiger partial charge in [-0.15, -0.1) is 0 Å². The second kappa shape index (κ2) is 7.48. The van der Waals surface area contributed by atoms with E-state index in [-0.39, 0.29) is 5.69 Å². The Morgan fingerprint density at radius 1 is 1.32 bits per heavy atom. The minimum Gasteiger partial charge on any atom is -0.546 e. The van der Waals surface area contributed by atoms with Crippen molar-refractivity contribution in [1.29, 1.82) is 0 Å². The monoisotopic (exact) mass is 299 g/mol. The number of nitrogens with zero attached hydrogens (tertiary/aromatic N) is 3. The Balaban J connectivity index is 2.01. The van der Waals surface area contributed by atoms with Crippen LogP contribution in [0.1, 0.15) is 16.1 Å². The van der Waals surface area contributed by atoms with Gasteiger partial charge in [-0.05, 0) is 12.1 Å². The molecule has 0 fully saturated rings. The number of ether oxygens (including phenoxy) is 1. The largest absolute Gasteiger partial charge is 0.546 e. The standard InChI is InChI=1S/C14H12N4O4/c19-13(20)9-22-12-4-2-1-3-10(12)7-17-18-14(21)11-8-15-5-6-16-11/h1-8H,9H2,(H,18,21)(H,19,20)/p-1/b17-7-. The first-order chi connectivity index (χ1) is 10.7. The van der Waals surface area contributed by atoms with Gasteiger partial charge in [0, 0.05) is 18.0 Å². The topological polar surface area (TPSA) is 117 Å². The molecule has 0 aliphatic carbocycles. The van der Waals surface area contributed by atoms with Gasteiger partial charge in [-0.1, -0.05) is 12.1 Å². The summed E-state index contributed by atoms with van der Waals surface area (Å²) in [5.74, 6) is -1.54. The van der Waals surface area contributed by atoms with Crippen molar-refractivity contribution in [3.05, 3.63) is 54.1 Å². The van der Waals surface area contributed by atoms with Gasteiger partial charge in [0.05, 0.1) is 18.4 Å². The molecule has 1 heterocycles. The van der Waals surface area contributed by atoms with Crippen molar-refractivity contribution in [3.8, 4) is 5.75 Å². The van der Waals surface area contributed by atoms with Crippen LogP contribution in [0, 0.1) is 0 Å². The van der Waals surface area contributed by atoms with E-state index in [9.17, 15) is 14.7 Å². The van der Waals surface area contributed by atoms with Gasteiger partial charge < -0.3 is 14.6 Å². The highest BCUT2D eigenvalue weighted by atomic mass is 16.5. The Morgan fingerprint density at radius 3 is 2.86 bits per heavy atom. The number of hydrazone groups is 1. The van der Waals surface area contributed by atoms with Gasteiger partial charge in [-0.2, -0.15) is 5.10 Å². The van der Waals surface area contributed by atoms with Crippen LogP contribution < -0.4 is 15.3 Å². The van der Waals surface area contributed by atoms with Gasteiger partial charge in [-0.3, -0.25) is 9.78 Å². The molecule has 0 radical (unpaired) electrons. The van der Waals surface area contributed by atoms with Crippen LogP contribution in [0.4, 0.5) is 0 Å². The van der Waals surface area contributed by atoms with Crippen molar-refractivity contribution >= 4 is 18.1 Å². The molecule has 1 amide bonds. The van der Waals surface area contributed by atoms with E-state index < -0.39 is 18.5 Å². The number of carbonyl (C=O) groups excluding carboxylic acids is 2. The molecule has 2 rings (SSSR count). The van der Waals surface area contributed by atoms with E-state index in [2.05, 4.69) is 20.5 Å². The molecule has 0 aliphatic heterocycles. The molecule has 0 aliphatic rings. The van der Waals surface area contributed by atoms with E-state index >= 15 is 0 Å². The van der Waals surface area contributed by atoms with Crippen molar-refractivity contribution < 1.29 is 19.4 Å². The number of hydrogen-bond acceptors (Lipinski definition) is 7. The maximum Gasteiger partial charge on any atom is 0.291 e. The lowest BCUT2D eigenvalue weighted by Crippen LogP contribution is -2.29. The van der Waals surface area contributed by atoms with Gasteiger partial charge >= 0.3 is 0 Å². The van der Waals surface area contributed by atoms with Crippen LogP contribution in [0.15, 0.2) is 48.0 Å². The highest BCUT2D eigenvalue weighted by Crippen LogP contribution is 2.15. The number of benzene rings is 1. The van der Waals surface area contributed by atoms with Gasteiger partial charge in [-0.25, -0.2) is 10.4 Å². The van der Waals surface area contributed by atoms with Crippen LogP contribution in [-0.2, 0) is 4.79 Å². The Labute approximate surface area is 125 Å². The minimum atomic E-state index is -1.33. The summed E-state index contributed by atoms with van der Waals surface area (Å²) in [5, 5.41) is 14.2. The van der Waals surface area contributed by atoms with Crippen molar-refractivity contribution in [1.82, 2.24) is 15.4 Å². The molecule has 1 aromatic carbocycles. The quantitative estimate of drug-likeness (QED) is 0.560. The fourth-order valence-corrected chi connectivity index (χ4v) is 1.49. The summed E-state index contributed by atoms with van der Waals surface area (Å²) >= 11 is 0. The molecule has 1 N–H and O–H groups in total. The second-order valence-electron chi connectivity index (χ2n) is 3.99. The Bertz CT molecular complexity index is 688. The zero-order chi connectivity index (χ0) is 15.8. The predicted molar refractivity (Wildman–Crippen MR) is 74.0 cm³/mol. The summed E-state index contributed by atoms with van der Waals surface area (Å²) in [6.45, 7) is -0.573. The lowest BCUT2D eigenvalue weighted by molar-refractivity contribution is -0.307. The third-order valence-electron chi connectivity index (χ3n) is 2.43. The maximum atomic E-state index is 11.7. The Morgan fingerprint density at radius 2 is 2.14 bits per heavy atom. The lowest BCUT2D eigenvalue weighted by Gasteiger charge is -2.08. The smallest absolute Gasteiger partial charge is 0.291 e. The molecule has 0 bridgehead atoms. The fraction of sp³-hybridized carbons (Fsp3) is 0.0714. The van der Waals surface area contributed by atoms with E-state index in [1.54, 1.807) is 24.3 Å². The number of aliphatic carboxylic acids is 1. The number of aromatic nitrogens is 2. The number of hydrogen-bond donors (Lipinski definition) is 1. The highest BCUT2D eigenvalue weighted by molar-refractivity contribution is 5.93. The summed E-state index contributed by atoms with van der Waals surface area (Å²) in [5.41, 5.74) is 2.91. The third-order valence-corrected chi connectivity index (χ3v) is 2.43. The summed E-state index contributed by atoms with van der Waals surface area (Å²) in [7, 11) is 0. The van der Waals surface area contributed by atoms with Crippen LogP contribution in [0.5, 0.6) is 5.75 Å². The highest BCUT2D eigenvalue weighted by Gasteiger charge is 2.05. The van der Waals surface area contributed by atoms with Crippen LogP contribution in [0.3, 0.4) is 0 Å². The summed E-state index contributed by atoms with van der Waals surface area (Å²) in [6, 6.07) is 6.63. The number of nitrogens with one attached hydrogen (secondary N) is 1. The average Bonchev–Trinajstić information content (AvgIpc) is 2.54. The maximum absolute atomic E-state index is 11.7. The molecule has 2 aromatic rings. The van der Waals surface area contributed by atoms with Gasteiger partial charge in [0.1, 0.15) is 18.1 Å². The zero-order valence-corrected chi connectivity index (χ0v) is 11.3. The van der Waals surface area contributed by atoms with E-state index in [4.69, 9.17) is 4.74 Å². The van der Waals surface area contributed by atoms with E-state index in [0.717, 1.165) is 0 Å². The number of amides is 1. The molecule has 0 saturated carbocycles. The van der Waals surface area contributed by atoms with Crippen molar-refractivity contribution in [3.63, 3.8) is 0 Å². The van der Waals surface area contributed by atoms with Crippen molar-refractivity contribution in [2.24, 2.45) is 5.10 Å². The molecule has 22 heavy (non-hydrogen) atoms. The predicted octanol–water partition coefficient (Wildman–Crippen LogP) is -0.631. The van der Waals surface area contributed by atoms with Crippen LogP contribution >= 0.6 is 0 Å². The molecular formula is C14H11N4O4-. The molecule has 0 saturated heterocycles. The van der Waals surface area contributed by atoms with Gasteiger partial charge in [0.2, 0.25) is 0 Å². The van der Waals surface area contributed by atoms with E-state index in [0.29, 0.717) is 11.3 Å². The van der Waals surface area contributed by atoms with E-state index in [1.807, 2.05) is 0 Å². The number of para-hydroxylation sites is 1. The molecule has 1 aromatic heterocycles. The Hall–Kier alpha value is -3.29. The lowest BCUT2D eigenvalue weighted by atomic mass is 10.2. The molecule has 112 valence electrons. The summed E-state index contributed by atoms with van der Waals surface area (Å²) in [6.07, 6.45) is 5.48. The third kappa shape index (κ3) is 4.37. The van der Waals surface area contributed by atoms with Crippen molar-refractivity contribution in [2.75, 3.05) is 6.61 Å². The molecule has 0 spiro atoms. The van der Waals surface area contributed by atoms with Crippen LogP contribution in [-0.4, -0.2) is 34.7 Å². The first-order valence-corrected chi connectivity index (χ1v) is 6.18.